The van der Waals surface area contributed by atoms with E-state index < -0.39 is 23.4 Å². The molecule has 0 spiro atoms. The molecule has 4 unspecified atom stereocenters. The molecule has 0 amide bonds. The Kier molecular flexibility index (Phi) is 4.23. The van der Waals surface area contributed by atoms with Gasteiger partial charge in [0.2, 0.25) is 0 Å². The van der Waals surface area contributed by atoms with E-state index in [1.54, 1.807) is 25.1 Å². The van der Waals surface area contributed by atoms with Crippen LogP contribution >= 0.6 is 0 Å². The first-order chi connectivity index (χ1) is 12.9. The summed E-state index contributed by atoms with van der Waals surface area (Å²) in [4.78, 5) is 30.2. The molecule has 1 saturated carbocycles. The van der Waals surface area contributed by atoms with Crippen LogP contribution in [0.25, 0.3) is 10.9 Å². The highest BCUT2D eigenvalue weighted by molar-refractivity contribution is 5.91. The van der Waals surface area contributed by atoms with Gasteiger partial charge in [0.25, 0.3) is 0 Å². The van der Waals surface area contributed by atoms with E-state index in [9.17, 15) is 19.8 Å². The first-order valence-corrected chi connectivity index (χ1v) is 9.48. The van der Waals surface area contributed by atoms with Gasteiger partial charge >= 0.3 is 5.97 Å². The van der Waals surface area contributed by atoms with Crippen molar-refractivity contribution in [2.45, 2.75) is 45.1 Å². The third-order valence-corrected chi connectivity index (χ3v) is 6.81. The van der Waals surface area contributed by atoms with Crippen molar-refractivity contribution in [1.82, 2.24) is 4.98 Å². The van der Waals surface area contributed by atoms with Crippen molar-refractivity contribution < 1.29 is 24.5 Å². The summed E-state index contributed by atoms with van der Waals surface area (Å²) in [5, 5.41) is 21.5. The summed E-state index contributed by atoms with van der Waals surface area (Å²) >= 11 is 0. The van der Waals surface area contributed by atoms with Gasteiger partial charge in [-0.3, -0.25) is 9.78 Å². The number of cyclic esters (lactones) is 1. The zero-order valence-corrected chi connectivity index (χ0v) is 15.0. The number of aromatic nitrogens is 1. The Bertz CT molecular complexity index is 986. The van der Waals surface area contributed by atoms with Crippen LogP contribution in [0.5, 0.6) is 5.75 Å². The molecule has 28 heavy (non-hydrogen) atoms. The van der Waals surface area contributed by atoms with Gasteiger partial charge in [0, 0.05) is 28.8 Å². The summed E-state index contributed by atoms with van der Waals surface area (Å²) in [6, 6.07) is 7.05. The van der Waals surface area contributed by atoms with Gasteiger partial charge in [-0.25, -0.2) is 4.79 Å². The predicted octanol–water partition coefficient (Wildman–Crippen LogP) is 2.74. The minimum Gasteiger partial charge on any atom is -0.508 e. The number of carbonyl (C=O) groups excluding carboxylic acids is 2. The minimum atomic E-state index is -1.60. The van der Waals surface area contributed by atoms with Crippen LogP contribution in [0.15, 0.2) is 24.3 Å². The zero-order valence-electron chi connectivity index (χ0n) is 15.0. The molecule has 2 aliphatic carbocycles. The predicted molar refractivity (Wildman–Crippen MR) is 103 cm³/mol. The summed E-state index contributed by atoms with van der Waals surface area (Å²) in [5.41, 5.74) is 1.08. The van der Waals surface area contributed by atoms with Crippen LogP contribution in [-0.2, 0) is 20.7 Å². The highest BCUT2D eigenvalue weighted by Crippen LogP contribution is 2.53. The molecular weight excluding hydrogens is 358 g/mol. The number of phenolic OH excluding ortho intramolecular Hbond substituents is 1. The largest absolute Gasteiger partial charge is 0.508 e. The maximum atomic E-state index is 13.2. The molecule has 1 aliphatic heterocycles. The molecule has 2 fully saturated rings. The van der Waals surface area contributed by atoms with Crippen LogP contribution in [0.1, 0.15) is 44.4 Å². The quantitative estimate of drug-likeness (QED) is 0.735. The number of nitrogens with zero attached hydrogens (tertiary/aromatic N) is 1. The third kappa shape index (κ3) is 2.40. The van der Waals surface area contributed by atoms with Gasteiger partial charge in [-0.15, -0.1) is 0 Å². The molecule has 2 heterocycles. The second-order valence-electron chi connectivity index (χ2n) is 8.05. The fourth-order valence-corrected chi connectivity index (χ4v) is 5.34. The topological polar surface area (TPSA) is 96.7 Å². The lowest BCUT2D eigenvalue weighted by Gasteiger charge is -2.47. The monoisotopic (exact) mass is 383 g/mol. The molecule has 2 aromatic rings. The van der Waals surface area contributed by atoms with E-state index in [1.165, 1.54) is 0 Å². The molecule has 6 nitrogen and oxygen atoms in total. The molecule has 1 saturated heterocycles. The van der Waals surface area contributed by atoms with E-state index >= 15 is 0 Å². The fourth-order valence-electron chi connectivity index (χ4n) is 5.34. The number of hydrogen-bond donors (Lipinski definition) is 2. The molecule has 5 atom stereocenters. The third-order valence-electron chi connectivity index (χ3n) is 6.81. The first kappa shape index (κ1) is 18.9. The number of carbonyl (C=O) groups is 2. The van der Waals surface area contributed by atoms with Gasteiger partial charge in [-0.05, 0) is 49.1 Å². The number of Topliss-reactive ketones (excluding diaryl/α,β-unsaturated/α-hetero) is 1. The smallest absolute Gasteiger partial charge is 0.338 e. The highest BCUT2D eigenvalue weighted by atomic mass is 16.6. The second kappa shape index (κ2) is 6.27. The average Bonchev–Trinajstić information content (AvgIpc) is 3.01. The molecular formula is C22H25NO5. The maximum Gasteiger partial charge on any atom is 0.338 e. The van der Waals surface area contributed by atoms with E-state index in [1.807, 2.05) is 6.07 Å². The van der Waals surface area contributed by atoms with E-state index in [0.29, 0.717) is 12.8 Å². The number of phenols is 1. The highest BCUT2D eigenvalue weighted by Gasteiger charge is 2.59. The lowest BCUT2D eigenvalue weighted by Crippen LogP contribution is -2.59. The van der Waals surface area contributed by atoms with Crippen molar-refractivity contribution in [2.24, 2.45) is 17.8 Å². The molecule has 6 heteroatoms. The van der Waals surface area contributed by atoms with Crippen molar-refractivity contribution in [3.05, 3.63) is 35.5 Å². The van der Waals surface area contributed by atoms with Crippen LogP contribution < -0.4 is 0 Å². The lowest BCUT2D eigenvalue weighted by molar-refractivity contribution is -0.197. The van der Waals surface area contributed by atoms with Gasteiger partial charge in [-0.2, -0.15) is 0 Å². The average molecular weight is 383 g/mol. The number of pyridine rings is 1. The number of ether oxygens (including phenoxy) is 1. The Balaban J connectivity index is 0.00000192. The van der Waals surface area contributed by atoms with Crippen molar-refractivity contribution in [3.8, 4) is 5.75 Å². The SMILES string of the molecule is C.CC[C@@]1(O)C(=O)OCC2C(=O)C3Cc4cc5cc(O)ccc5nc4C3CC21. The summed E-state index contributed by atoms with van der Waals surface area (Å²) < 4.78 is 5.17. The van der Waals surface area contributed by atoms with Crippen molar-refractivity contribution in [3.63, 3.8) is 0 Å². The van der Waals surface area contributed by atoms with Crippen LogP contribution in [0.2, 0.25) is 0 Å². The Labute approximate surface area is 163 Å². The summed E-state index contributed by atoms with van der Waals surface area (Å²) in [7, 11) is 0. The van der Waals surface area contributed by atoms with Gasteiger partial charge in [0.05, 0.1) is 11.4 Å². The maximum absolute atomic E-state index is 13.2. The Morgan fingerprint density at radius 3 is 2.75 bits per heavy atom. The van der Waals surface area contributed by atoms with Crippen molar-refractivity contribution >= 4 is 22.7 Å². The lowest BCUT2D eigenvalue weighted by atomic mass is 9.61. The van der Waals surface area contributed by atoms with Crippen LogP contribution in [0.4, 0.5) is 0 Å². The number of aliphatic hydroxyl groups is 1. The first-order valence-electron chi connectivity index (χ1n) is 9.48. The van der Waals surface area contributed by atoms with E-state index in [0.717, 1.165) is 22.2 Å². The molecule has 5 rings (SSSR count). The number of aromatic hydroxyl groups is 1. The summed E-state index contributed by atoms with van der Waals surface area (Å²) in [6.07, 6.45) is 1.40. The number of hydrogen-bond acceptors (Lipinski definition) is 6. The van der Waals surface area contributed by atoms with Crippen molar-refractivity contribution in [2.75, 3.05) is 6.61 Å². The number of fused-ring (bicyclic) bond motifs is 5. The summed E-state index contributed by atoms with van der Waals surface area (Å²) in [5.74, 6) is -1.50. The number of benzene rings is 1. The van der Waals surface area contributed by atoms with E-state index in [4.69, 9.17) is 9.72 Å². The molecule has 0 radical (unpaired) electrons. The second-order valence-corrected chi connectivity index (χ2v) is 8.05. The van der Waals surface area contributed by atoms with Crippen LogP contribution in [-0.4, -0.2) is 39.2 Å². The molecule has 1 aromatic carbocycles. The molecule has 1 aromatic heterocycles. The Hall–Kier alpha value is -2.47. The standard InChI is InChI=1S/C21H21NO5.CH4/c1-2-21(26)16-8-13-14(19(24)15(16)9-27-20(21)25)7-11-5-10-6-12(23)3-4-17(10)22-18(11)13;/h3-6,13-16,23,26H,2,7-9H2,1H3;1H4/t13?,14?,15?,16?,21-;/m0./s1. The minimum absolute atomic E-state index is 0. The molecule has 2 N–H and O–H groups in total. The van der Waals surface area contributed by atoms with E-state index in [-0.39, 0.29) is 43.8 Å². The zero-order chi connectivity index (χ0) is 18.9. The van der Waals surface area contributed by atoms with Crippen LogP contribution in [0.3, 0.4) is 0 Å². The van der Waals surface area contributed by atoms with Crippen LogP contribution in [0, 0.1) is 17.8 Å². The Morgan fingerprint density at radius 2 is 2.00 bits per heavy atom. The van der Waals surface area contributed by atoms with Gasteiger partial charge in [0.15, 0.2) is 5.60 Å². The number of esters is 1. The molecule has 148 valence electrons. The van der Waals surface area contributed by atoms with Gasteiger partial charge < -0.3 is 14.9 Å². The number of ketones is 1. The molecule has 0 bridgehead atoms. The van der Waals surface area contributed by atoms with E-state index in [2.05, 4.69) is 0 Å². The Morgan fingerprint density at radius 1 is 1.21 bits per heavy atom. The molecule has 3 aliphatic rings. The number of rotatable bonds is 1. The fraction of sp³-hybridized carbons (Fsp3) is 0.500. The van der Waals surface area contributed by atoms with Crippen molar-refractivity contribution in [1.29, 1.82) is 0 Å². The van der Waals surface area contributed by atoms with Gasteiger partial charge in [0.1, 0.15) is 18.1 Å². The van der Waals surface area contributed by atoms with Gasteiger partial charge in [-0.1, -0.05) is 14.4 Å². The normalized spacial score (nSPS) is 33.5. The summed E-state index contributed by atoms with van der Waals surface area (Å²) in [6.45, 7) is 1.81.